The monoisotopic (exact) mass is 325 g/mol. The van der Waals surface area contributed by atoms with Crippen LogP contribution in [0.15, 0.2) is 48.5 Å². The first-order chi connectivity index (χ1) is 10.9. The third-order valence-electron chi connectivity index (χ3n) is 2.91. The Bertz CT molecular complexity index is 686. The number of rotatable bonds is 5. The molecule has 0 fully saturated rings. The van der Waals surface area contributed by atoms with E-state index in [0.717, 1.165) is 5.56 Å². The van der Waals surface area contributed by atoms with Gasteiger partial charge < -0.3 is 14.8 Å². The molecular formula is C16H14F3NO3. The van der Waals surface area contributed by atoms with Crippen molar-refractivity contribution in [2.75, 3.05) is 12.4 Å². The lowest BCUT2D eigenvalue weighted by molar-refractivity contribution is -0.274. The molecule has 0 radical (unpaired) electrons. The highest BCUT2D eigenvalue weighted by molar-refractivity contribution is 5.89. The van der Waals surface area contributed by atoms with Crippen molar-refractivity contribution >= 4 is 11.7 Å². The maximum Gasteiger partial charge on any atom is 0.573 e. The minimum Gasteiger partial charge on any atom is -0.465 e. The van der Waals surface area contributed by atoms with E-state index in [-0.39, 0.29) is 5.75 Å². The van der Waals surface area contributed by atoms with Gasteiger partial charge in [-0.2, -0.15) is 0 Å². The number of esters is 1. The van der Waals surface area contributed by atoms with E-state index in [4.69, 9.17) is 0 Å². The van der Waals surface area contributed by atoms with Crippen molar-refractivity contribution in [1.82, 2.24) is 0 Å². The Morgan fingerprint density at radius 2 is 1.87 bits per heavy atom. The van der Waals surface area contributed by atoms with Gasteiger partial charge in [-0.05, 0) is 29.8 Å². The molecule has 0 spiro atoms. The van der Waals surface area contributed by atoms with Crippen molar-refractivity contribution in [3.05, 3.63) is 59.7 Å². The number of benzene rings is 2. The van der Waals surface area contributed by atoms with Crippen LogP contribution in [0.2, 0.25) is 0 Å². The van der Waals surface area contributed by atoms with Gasteiger partial charge in [0.15, 0.2) is 0 Å². The highest BCUT2D eigenvalue weighted by Gasteiger charge is 2.31. The average Bonchev–Trinajstić information content (AvgIpc) is 2.51. The molecule has 0 unspecified atom stereocenters. The van der Waals surface area contributed by atoms with E-state index in [0.29, 0.717) is 17.8 Å². The third-order valence-corrected chi connectivity index (χ3v) is 2.91. The second kappa shape index (κ2) is 7.04. The van der Waals surface area contributed by atoms with Crippen LogP contribution in [-0.4, -0.2) is 19.4 Å². The molecule has 2 aromatic rings. The summed E-state index contributed by atoms with van der Waals surface area (Å²) < 4.78 is 45.1. The molecule has 2 aromatic carbocycles. The van der Waals surface area contributed by atoms with Crippen molar-refractivity contribution in [3.63, 3.8) is 0 Å². The van der Waals surface area contributed by atoms with E-state index in [1.165, 1.54) is 25.3 Å². The van der Waals surface area contributed by atoms with E-state index < -0.39 is 12.3 Å². The van der Waals surface area contributed by atoms with Gasteiger partial charge in [0, 0.05) is 18.3 Å². The fourth-order valence-corrected chi connectivity index (χ4v) is 1.93. The van der Waals surface area contributed by atoms with Gasteiger partial charge in [-0.25, -0.2) is 4.79 Å². The first kappa shape index (κ1) is 16.7. The summed E-state index contributed by atoms with van der Waals surface area (Å²) in [7, 11) is 1.29. The molecule has 2 rings (SSSR count). The first-order valence-corrected chi connectivity index (χ1v) is 6.64. The van der Waals surface area contributed by atoms with Crippen molar-refractivity contribution in [2.24, 2.45) is 0 Å². The summed E-state index contributed by atoms with van der Waals surface area (Å²) in [5.41, 5.74) is 1.66. The SMILES string of the molecule is COC(=O)c1cccc(CNc2cccc(OC(F)(F)F)c2)c1. The Morgan fingerprint density at radius 3 is 2.57 bits per heavy atom. The molecule has 0 saturated heterocycles. The lowest BCUT2D eigenvalue weighted by Gasteiger charge is -2.11. The van der Waals surface area contributed by atoms with Gasteiger partial charge in [-0.15, -0.1) is 13.2 Å². The second-order valence-corrected chi connectivity index (χ2v) is 4.62. The smallest absolute Gasteiger partial charge is 0.465 e. The number of carbonyl (C=O) groups is 1. The zero-order valence-corrected chi connectivity index (χ0v) is 12.2. The van der Waals surface area contributed by atoms with Gasteiger partial charge in [0.2, 0.25) is 0 Å². The molecule has 0 aromatic heterocycles. The molecule has 0 atom stereocenters. The number of nitrogens with one attached hydrogen (secondary N) is 1. The number of anilines is 1. The summed E-state index contributed by atoms with van der Waals surface area (Å²) in [6.07, 6.45) is -4.73. The van der Waals surface area contributed by atoms with Gasteiger partial charge in [0.05, 0.1) is 12.7 Å². The van der Waals surface area contributed by atoms with Crippen molar-refractivity contribution < 1.29 is 27.4 Å². The van der Waals surface area contributed by atoms with Crippen LogP contribution < -0.4 is 10.1 Å². The molecule has 0 amide bonds. The van der Waals surface area contributed by atoms with Crippen LogP contribution in [0.25, 0.3) is 0 Å². The van der Waals surface area contributed by atoms with Crippen LogP contribution in [0.4, 0.5) is 18.9 Å². The topological polar surface area (TPSA) is 47.6 Å². The molecule has 0 aliphatic heterocycles. The number of ether oxygens (including phenoxy) is 2. The second-order valence-electron chi connectivity index (χ2n) is 4.62. The first-order valence-electron chi connectivity index (χ1n) is 6.64. The van der Waals surface area contributed by atoms with Crippen LogP contribution in [-0.2, 0) is 11.3 Å². The molecular weight excluding hydrogens is 311 g/mol. The fraction of sp³-hybridized carbons (Fsp3) is 0.188. The Labute approximate surface area is 130 Å². The average molecular weight is 325 g/mol. The molecule has 4 nitrogen and oxygen atoms in total. The quantitative estimate of drug-likeness (QED) is 0.845. The van der Waals surface area contributed by atoms with E-state index in [2.05, 4.69) is 14.8 Å². The predicted molar refractivity (Wildman–Crippen MR) is 78.2 cm³/mol. The molecule has 0 saturated carbocycles. The van der Waals surface area contributed by atoms with Crippen LogP contribution in [0.1, 0.15) is 15.9 Å². The van der Waals surface area contributed by atoms with E-state index in [9.17, 15) is 18.0 Å². The van der Waals surface area contributed by atoms with Crippen LogP contribution in [0.5, 0.6) is 5.75 Å². The summed E-state index contributed by atoms with van der Waals surface area (Å²) in [5, 5.41) is 2.97. The minimum absolute atomic E-state index is 0.300. The minimum atomic E-state index is -4.73. The highest BCUT2D eigenvalue weighted by Crippen LogP contribution is 2.25. The summed E-state index contributed by atoms with van der Waals surface area (Å²) >= 11 is 0. The molecule has 1 N–H and O–H groups in total. The van der Waals surface area contributed by atoms with E-state index in [1.54, 1.807) is 30.3 Å². The van der Waals surface area contributed by atoms with Crippen LogP contribution in [0, 0.1) is 0 Å². The molecule has 0 heterocycles. The number of methoxy groups -OCH3 is 1. The maximum atomic E-state index is 12.2. The number of hydrogen-bond acceptors (Lipinski definition) is 4. The van der Waals surface area contributed by atoms with E-state index in [1.807, 2.05) is 0 Å². The predicted octanol–water partition coefficient (Wildman–Crippen LogP) is 3.98. The molecule has 23 heavy (non-hydrogen) atoms. The third kappa shape index (κ3) is 5.21. The molecule has 0 aliphatic carbocycles. The fourth-order valence-electron chi connectivity index (χ4n) is 1.93. The van der Waals surface area contributed by atoms with Crippen molar-refractivity contribution in [1.29, 1.82) is 0 Å². The summed E-state index contributed by atoms with van der Waals surface area (Å²) in [6, 6.07) is 12.3. The zero-order chi connectivity index (χ0) is 16.9. The molecule has 7 heteroatoms. The number of halogens is 3. The normalized spacial score (nSPS) is 11.0. The number of alkyl halides is 3. The van der Waals surface area contributed by atoms with Crippen LogP contribution >= 0.6 is 0 Å². The maximum absolute atomic E-state index is 12.2. The summed E-state index contributed by atoms with van der Waals surface area (Å²) in [5.74, 6) is -0.752. The lowest BCUT2D eigenvalue weighted by atomic mass is 10.1. The van der Waals surface area contributed by atoms with Gasteiger partial charge >= 0.3 is 12.3 Å². The number of hydrogen-bond donors (Lipinski definition) is 1. The summed E-state index contributed by atoms with van der Waals surface area (Å²) in [4.78, 5) is 11.5. The largest absolute Gasteiger partial charge is 0.573 e. The Balaban J connectivity index is 2.04. The van der Waals surface area contributed by atoms with Gasteiger partial charge in [-0.3, -0.25) is 0 Å². The van der Waals surface area contributed by atoms with E-state index >= 15 is 0 Å². The Kier molecular flexibility index (Phi) is 5.10. The Hall–Kier alpha value is -2.70. The Morgan fingerprint density at radius 1 is 1.13 bits per heavy atom. The molecule has 122 valence electrons. The molecule has 0 aliphatic rings. The van der Waals surface area contributed by atoms with Gasteiger partial charge in [-0.1, -0.05) is 18.2 Å². The van der Waals surface area contributed by atoms with Crippen molar-refractivity contribution in [3.8, 4) is 5.75 Å². The molecule has 0 bridgehead atoms. The zero-order valence-electron chi connectivity index (χ0n) is 12.2. The highest BCUT2D eigenvalue weighted by atomic mass is 19.4. The number of carbonyl (C=O) groups excluding carboxylic acids is 1. The van der Waals surface area contributed by atoms with Crippen LogP contribution in [0.3, 0.4) is 0 Å². The van der Waals surface area contributed by atoms with Crippen molar-refractivity contribution in [2.45, 2.75) is 12.9 Å². The standard InChI is InChI=1S/C16H14F3NO3/c1-22-15(21)12-5-2-4-11(8-12)10-20-13-6-3-7-14(9-13)23-16(17,18)19/h2-9,20H,10H2,1H3. The van der Waals surface area contributed by atoms with Gasteiger partial charge in [0.25, 0.3) is 0 Å². The lowest BCUT2D eigenvalue weighted by Crippen LogP contribution is -2.17. The van der Waals surface area contributed by atoms with Gasteiger partial charge in [0.1, 0.15) is 5.75 Å². The summed E-state index contributed by atoms with van der Waals surface area (Å²) in [6.45, 7) is 0.334.